The number of anilines is 1. The van der Waals surface area contributed by atoms with E-state index in [1.807, 2.05) is 24.0 Å². The fourth-order valence-corrected chi connectivity index (χ4v) is 4.42. The lowest BCUT2D eigenvalue weighted by Crippen LogP contribution is -3.14. The number of rotatable bonds is 6. The van der Waals surface area contributed by atoms with Crippen LogP contribution in [0.3, 0.4) is 0 Å². The molecule has 1 N–H and O–H groups in total. The number of ether oxygens (including phenoxy) is 1. The van der Waals surface area contributed by atoms with Crippen molar-refractivity contribution >= 4 is 48.5 Å². The second-order valence-corrected chi connectivity index (χ2v) is 7.94. The van der Waals surface area contributed by atoms with Gasteiger partial charge in [-0.25, -0.2) is 4.98 Å². The Labute approximate surface area is 154 Å². The number of amides is 1. The molecule has 1 saturated heterocycles. The fraction of sp³-hybridized carbons (Fsp3) is 0.529. The molecule has 0 spiro atoms. The summed E-state index contributed by atoms with van der Waals surface area (Å²) >= 11 is 5.09. The van der Waals surface area contributed by atoms with Crippen LogP contribution < -0.4 is 9.80 Å². The molecule has 0 bridgehead atoms. The maximum absolute atomic E-state index is 12.6. The van der Waals surface area contributed by atoms with Gasteiger partial charge >= 0.3 is 0 Å². The van der Waals surface area contributed by atoms with Gasteiger partial charge < -0.3 is 9.64 Å². The maximum atomic E-state index is 12.6. The average molecular weight is 413 g/mol. The molecule has 7 heteroatoms. The Kier molecular flexibility index (Phi) is 6.21. The third-order valence-electron chi connectivity index (χ3n) is 4.22. The van der Waals surface area contributed by atoms with Gasteiger partial charge in [0.25, 0.3) is 0 Å². The summed E-state index contributed by atoms with van der Waals surface area (Å²) in [6.07, 6.45) is 1.42. The van der Waals surface area contributed by atoms with Gasteiger partial charge in [0, 0.05) is 10.9 Å². The van der Waals surface area contributed by atoms with Crippen LogP contribution in [0.2, 0.25) is 0 Å². The van der Waals surface area contributed by atoms with Gasteiger partial charge in [-0.3, -0.25) is 9.69 Å². The number of hydrogen-bond donors (Lipinski definition) is 1. The van der Waals surface area contributed by atoms with Crippen molar-refractivity contribution in [3.63, 3.8) is 0 Å². The van der Waals surface area contributed by atoms with Crippen molar-refractivity contribution in [2.45, 2.75) is 19.8 Å². The summed E-state index contributed by atoms with van der Waals surface area (Å²) in [5.41, 5.74) is 0.950. The fourth-order valence-electron chi connectivity index (χ4n) is 2.86. The molecule has 2 heterocycles. The van der Waals surface area contributed by atoms with E-state index < -0.39 is 0 Å². The minimum atomic E-state index is 0.170. The number of halogens is 1. The predicted molar refractivity (Wildman–Crippen MR) is 101 cm³/mol. The highest BCUT2D eigenvalue weighted by atomic mass is 79.9. The molecular weight excluding hydrogens is 390 g/mol. The summed E-state index contributed by atoms with van der Waals surface area (Å²) in [6.45, 7) is 7.36. The zero-order chi connectivity index (χ0) is 16.9. The first-order chi connectivity index (χ1) is 11.7. The Morgan fingerprint density at radius 1 is 1.42 bits per heavy atom. The van der Waals surface area contributed by atoms with Crippen LogP contribution in [0.5, 0.6) is 0 Å². The smallest absolute Gasteiger partial charge is 0.228 e. The van der Waals surface area contributed by atoms with Crippen molar-refractivity contribution in [1.82, 2.24) is 4.98 Å². The van der Waals surface area contributed by atoms with E-state index in [-0.39, 0.29) is 5.91 Å². The van der Waals surface area contributed by atoms with Gasteiger partial charge in [-0.05, 0) is 24.6 Å². The highest BCUT2D eigenvalue weighted by Gasteiger charge is 2.22. The van der Waals surface area contributed by atoms with Crippen LogP contribution in [-0.2, 0) is 9.53 Å². The van der Waals surface area contributed by atoms with Crippen LogP contribution in [0.25, 0.3) is 10.2 Å². The van der Waals surface area contributed by atoms with Crippen molar-refractivity contribution < 1.29 is 14.4 Å². The van der Waals surface area contributed by atoms with Gasteiger partial charge in [-0.15, -0.1) is 0 Å². The molecule has 1 aliphatic rings. The quantitative estimate of drug-likeness (QED) is 0.789. The molecular formula is C17H23BrN3O2S+. The topological polar surface area (TPSA) is 46.9 Å². The number of thiazole rings is 1. The maximum Gasteiger partial charge on any atom is 0.228 e. The summed E-state index contributed by atoms with van der Waals surface area (Å²) in [7, 11) is 0. The molecule has 0 atom stereocenters. The number of nitrogens with zero attached hydrogens (tertiary/aromatic N) is 2. The first-order valence-corrected chi connectivity index (χ1v) is 10.1. The molecule has 0 unspecified atom stereocenters. The summed E-state index contributed by atoms with van der Waals surface area (Å²) in [5.74, 6) is 0.170. The van der Waals surface area contributed by atoms with Gasteiger partial charge in [-0.1, -0.05) is 34.2 Å². The van der Waals surface area contributed by atoms with E-state index in [0.29, 0.717) is 6.42 Å². The Morgan fingerprint density at radius 2 is 2.21 bits per heavy atom. The van der Waals surface area contributed by atoms with Crippen molar-refractivity contribution in [3.8, 4) is 0 Å². The van der Waals surface area contributed by atoms with Crippen molar-refractivity contribution in [3.05, 3.63) is 22.7 Å². The van der Waals surface area contributed by atoms with E-state index in [9.17, 15) is 4.79 Å². The third-order valence-corrected chi connectivity index (χ3v) is 5.76. The molecule has 130 valence electrons. The average Bonchev–Trinajstić information content (AvgIpc) is 2.99. The minimum absolute atomic E-state index is 0.170. The molecule has 1 amide bonds. The van der Waals surface area contributed by atoms with Gasteiger partial charge in [0.1, 0.15) is 13.1 Å². The lowest BCUT2D eigenvalue weighted by Gasteiger charge is -2.26. The van der Waals surface area contributed by atoms with Crippen molar-refractivity contribution in [2.24, 2.45) is 0 Å². The van der Waals surface area contributed by atoms with Gasteiger partial charge in [0.05, 0.1) is 36.5 Å². The molecule has 1 fully saturated rings. The highest BCUT2D eigenvalue weighted by Crippen LogP contribution is 2.31. The van der Waals surface area contributed by atoms with Crippen LogP contribution in [0.1, 0.15) is 19.8 Å². The van der Waals surface area contributed by atoms with E-state index in [2.05, 4.69) is 22.0 Å². The Hall–Kier alpha value is -1.02. The lowest BCUT2D eigenvalue weighted by molar-refractivity contribution is -0.906. The van der Waals surface area contributed by atoms with Gasteiger partial charge in [0.2, 0.25) is 5.91 Å². The number of carbonyl (C=O) groups is 1. The van der Waals surface area contributed by atoms with Crippen LogP contribution in [-0.4, -0.2) is 50.3 Å². The normalized spacial score (nSPS) is 15.8. The molecule has 0 aliphatic carbocycles. The Morgan fingerprint density at radius 3 is 2.96 bits per heavy atom. The van der Waals surface area contributed by atoms with Crippen LogP contribution in [0.4, 0.5) is 5.13 Å². The zero-order valence-corrected chi connectivity index (χ0v) is 16.3. The van der Waals surface area contributed by atoms with E-state index in [1.165, 1.54) is 4.90 Å². The molecule has 2 aromatic rings. The summed E-state index contributed by atoms with van der Waals surface area (Å²) in [6, 6.07) is 6.04. The van der Waals surface area contributed by atoms with Crippen LogP contribution in [0.15, 0.2) is 22.7 Å². The Bertz CT molecular complexity index is 700. The van der Waals surface area contributed by atoms with Crippen LogP contribution in [0, 0.1) is 0 Å². The number of carbonyl (C=O) groups excluding carboxylic acids is 1. The van der Waals surface area contributed by atoms with E-state index >= 15 is 0 Å². The van der Waals surface area contributed by atoms with E-state index in [0.717, 1.165) is 65.6 Å². The number of aromatic nitrogens is 1. The molecule has 24 heavy (non-hydrogen) atoms. The molecule has 0 radical (unpaired) electrons. The monoisotopic (exact) mass is 412 g/mol. The third kappa shape index (κ3) is 4.33. The SMILES string of the molecule is CCCC(=O)N(CC[NH+]1CCOCC1)c1nc2ccc(Br)cc2s1. The first kappa shape index (κ1) is 17.8. The lowest BCUT2D eigenvalue weighted by atomic mass is 10.3. The molecule has 1 aliphatic heterocycles. The summed E-state index contributed by atoms with van der Waals surface area (Å²) in [5, 5.41) is 0.814. The first-order valence-electron chi connectivity index (χ1n) is 8.45. The Balaban J connectivity index is 1.78. The number of hydrogen-bond acceptors (Lipinski definition) is 4. The summed E-state index contributed by atoms with van der Waals surface area (Å²) in [4.78, 5) is 20.7. The highest BCUT2D eigenvalue weighted by molar-refractivity contribution is 9.10. The number of nitrogens with one attached hydrogen (secondary N) is 1. The molecule has 1 aromatic heterocycles. The van der Waals surface area contributed by atoms with Gasteiger partial charge in [0.15, 0.2) is 5.13 Å². The zero-order valence-electron chi connectivity index (χ0n) is 13.9. The number of benzene rings is 1. The molecule has 5 nitrogen and oxygen atoms in total. The number of fused-ring (bicyclic) bond motifs is 1. The van der Waals surface area contributed by atoms with E-state index in [4.69, 9.17) is 9.72 Å². The molecule has 0 saturated carbocycles. The predicted octanol–water partition coefficient (Wildman–Crippen LogP) is 2.11. The molecule has 3 rings (SSSR count). The largest absolute Gasteiger partial charge is 0.370 e. The minimum Gasteiger partial charge on any atom is -0.370 e. The second-order valence-electron chi connectivity index (χ2n) is 6.02. The van der Waals surface area contributed by atoms with Gasteiger partial charge in [-0.2, -0.15) is 0 Å². The van der Waals surface area contributed by atoms with E-state index in [1.54, 1.807) is 11.3 Å². The number of morpholine rings is 1. The number of quaternary nitrogens is 1. The second kappa shape index (κ2) is 8.38. The standard InChI is InChI=1S/C17H22BrN3O2S/c1-2-3-16(22)21(7-6-20-8-10-23-11-9-20)17-19-14-5-4-13(18)12-15(14)24-17/h4-5,12H,2-3,6-11H2,1H3/p+1. The van der Waals surface area contributed by atoms with Crippen molar-refractivity contribution in [2.75, 3.05) is 44.3 Å². The molecule has 1 aromatic carbocycles. The van der Waals surface area contributed by atoms with Crippen molar-refractivity contribution in [1.29, 1.82) is 0 Å². The van der Waals surface area contributed by atoms with Crippen LogP contribution >= 0.6 is 27.3 Å². The summed E-state index contributed by atoms with van der Waals surface area (Å²) < 4.78 is 7.55.